The van der Waals surface area contributed by atoms with Gasteiger partial charge in [0.25, 0.3) is 0 Å². The second-order valence-electron chi connectivity index (χ2n) is 6.74. The second kappa shape index (κ2) is 6.54. The van der Waals surface area contributed by atoms with E-state index < -0.39 is 16.1 Å². The number of thiophene rings is 1. The van der Waals surface area contributed by atoms with Gasteiger partial charge in [-0.3, -0.25) is 0 Å². The zero-order chi connectivity index (χ0) is 16.5. The van der Waals surface area contributed by atoms with Crippen LogP contribution in [0.25, 0.3) is 5.20 Å². The molecule has 0 amide bonds. The Labute approximate surface area is 147 Å². The highest BCUT2D eigenvalue weighted by atomic mass is 32.1. The predicted octanol–water partition coefficient (Wildman–Crippen LogP) is 5.31. The lowest BCUT2D eigenvalue weighted by atomic mass is 10.2. The maximum Gasteiger partial charge on any atom is 0.129 e. The molecule has 0 radical (unpaired) electrons. The normalized spacial score (nSPS) is 18.3. The van der Waals surface area contributed by atoms with E-state index in [1.807, 2.05) is 4.50 Å². The summed E-state index contributed by atoms with van der Waals surface area (Å²) < 4.78 is 1.82. The van der Waals surface area contributed by atoms with E-state index in [1.165, 1.54) is 29.7 Å². The van der Waals surface area contributed by atoms with Crippen molar-refractivity contribution < 1.29 is 0 Å². The molecule has 0 saturated heterocycles. The van der Waals surface area contributed by atoms with Gasteiger partial charge in [-0.05, 0) is 20.6 Å². The Morgan fingerprint density at radius 3 is 2.04 bits per heavy atom. The van der Waals surface area contributed by atoms with Crippen molar-refractivity contribution in [1.82, 2.24) is 0 Å². The van der Waals surface area contributed by atoms with E-state index in [2.05, 4.69) is 86.5 Å². The van der Waals surface area contributed by atoms with Crippen LogP contribution in [0.4, 0.5) is 0 Å². The van der Waals surface area contributed by atoms with Crippen molar-refractivity contribution in [2.45, 2.75) is 51.9 Å². The first kappa shape index (κ1) is 16.9. The Bertz CT molecular complexity index is 691. The molecule has 0 unspecified atom stereocenters. The van der Waals surface area contributed by atoms with Crippen LogP contribution in [0.15, 0.2) is 47.5 Å². The highest BCUT2D eigenvalue weighted by Crippen LogP contribution is 2.39. The second-order valence-corrected chi connectivity index (χ2v) is 17.2. The smallest absolute Gasteiger partial charge is 0.129 e. The summed E-state index contributed by atoms with van der Waals surface area (Å²) >= 11 is 2.07. The van der Waals surface area contributed by atoms with Crippen molar-refractivity contribution >= 4 is 42.4 Å². The third-order valence-electron chi connectivity index (χ3n) is 6.13. The summed E-state index contributed by atoms with van der Waals surface area (Å²) in [5, 5.41) is 5.93. The van der Waals surface area contributed by atoms with Crippen LogP contribution in [0.2, 0.25) is 24.2 Å². The van der Waals surface area contributed by atoms with Gasteiger partial charge in [-0.15, -0.1) is 0 Å². The topological polar surface area (TPSA) is 0 Å². The first-order chi connectivity index (χ1) is 11.2. The van der Waals surface area contributed by atoms with Crippen molar-refractivity contribution in [3.8, 4) is 0 Å². The van der Waals surface area contributed by atoms with Gasteiger partial charge < -0.3 is 0 Å². The van der Waals surface area contributed by atoms with E-state index in [1.54, 1.807) is 10.4 Å². The molecule has 1 aromatic heterocycles. The highest BCUT2D eigenvalue weighted by molar-refractivity contribution is 7.34. The molecule has 0 saturated carbocycles. The molecular formula is C20H28SSi2. The quantitative estimate of drug-likeness (QED) is 0.636. The van der Waals surface area contributed by atoms with Crippen LogP contribution in [0, 0.1) is 0 Å². The molecule has 0 atom stereocenters. The lowest BCUT2D eigenvalue weighted by Crippen LogP contribution is -2.64. The fourth-order valence-electron chi connectivity index (χ4n) is 4.45. The maximum atomic E-state index is 2.83. The third kappa shape index (κ3) is 2.44. The number of fused-ring (bicyclic) bond motifs is 1. The maximum absolute atomic E-state index is 2.83. The van der Waals surface area contributed by atoms with Gasteiger partial charge in [0.2, 0.25) is 0 Å². The molecule has 0 N–H and O–H groups in total. The van der Waals surface area contributed by atoms with E-state index in [0.29, 0.717) is 0 Å². The minimum atomic E-state index is -1.58. The van der Waals surface area contributed by atoms with E-state index >= 15 is 0 Å². The Balaban J connectivity index is 2.32. The summed E-state index contributed by atoms with van der Waals surface area (Å²) in [4.78, 5) is 0. The van der Waals surface area contributed by atoms with Crippen molar-refractivity contribution in [3.05, 3.63) is 53.0 Å². The fourth-order valence-corrected chi connectivity index (χ4v) is 18.5. The molecule has 3 heteroatoms. The van der Waals surface area contributed by atoms with Gasteiger partial charge in [-0.25, -0.2) is 0 Å². The van der Waals surface area contributed by atoms with E-state index in [4.69, 9.17) is 0 Å². The Morgan fingerprint density at radius 1 is 0.826 bits per heavy atom. The standard InChI is InChI=1S/C20H28SSi2/c1-5-22(6-2)16-19(17-12-10-9-11-13-17)23(7-3,8-4)20-18(22)14-15-21-20/h9-16H,5-8H2,1-4H3. The molecule has 1 aliphatic heterocycles. The van der Waals surface area contributed by atoms with Crippen LogP contribution < -0.4 is 9.69 Å². The minimum absolute atomic E-state index is 1.33. The van der Waals surface area contributed by atoms with Gasteiger partial charge in [0, 0.05) is 0 Å². The van der Waals surface area contributed by atoms with Crippen LogP contribution in [-0.4, -0.2) is 16.1 Å². The van der Waals surface area contributed by atoms with Crippen LogP contribution >= 0.6 is 11.3 Å². The summed E-state index contributed by atoms with van der Waals surface area (Å²) in [6.45, 7) is 9.70. The molecule has 122 valence electrons. The number of benzene rings is 1. The summed E-state index contributed by atoms with van der Waals surface area (Å²) in [5.41, 5.74) is 4.33. The van der Waals surface area contributed by atoms with Crippen molar-refractivity contribution in [3.63, 3.8) is 0 Å². The summed E-state index contributed by atoms with van der Waals surface area (Å²) in [5.74, 6) is 0. The lowest BCUT2D eigenvalue weighted by Gasteiger charge is -2.43. The molecule has 2 aromatic rings. The third-order valence-corrected chi connectivity index (χ3v) is 19.0. The number of hydrogen-bond donors (Lipinski definition) is 0. The Kier molecular flexibility index (Phi) is 4.81. The van der Waals surface area contributed by atoms with Crippen LogP contribution in [-0.2, 0) is 0 Å². The van der Waals surface area contributed by atoms with Gasteiger partial charge in [-0.1, -0.05) is 99.2 Å². The molecule has 1 aliphatic rings. The molecular weight excluding hydrogens is 328 g/mol. The Morgan fingerprint density at radius 2 is 1.48 bits per heavy atom. The number of rotatable bonds is 5. The zero-order valence-electron chi connectivity index (χ0n) is 14.9. The van der Waals surface area contributed by atoms with E-state index in [0.717, 1.165) is 0 Å². The summed E-state index contributed by atoms with van der Waals surface area (Å²) in [6.07, 6.45) is 0. The molecule has 23 heavy (non-hydrogen) atoms. The molecule has 2 heterocycles. The zero-order valence-corrected chi connectivity index (χ0v) is 17.7. The summed E-state index contributed by atoms with van der Waals surface area (Å²) in [6, 6.07) is 19.1. The minimum Gasteiger partial charge on any atom is -0.153 e. The monoisotopic (exact) mass is 356 g/mol. The van der Waals surface area contributed by atoms with E-state index in [9.17, 15) is 0 Å². The van der Waals surface area contributed by atoms with Gasteiger partial charge in [0.1, 0.15) is 16.1 Å². The molecule has 3 rings (SSSR count). The van der Waals surface area contributed by atoms with Crippen molar-refractivity contribution in [1.29, 1.82) is 0 Å². The summed E-state index contributed by atoms with van der Waals surface area (Å²) in [7, 11) is -3.06. The first-order valence-corrected chi connectivity index (χ1v) is 14.8. The molecule has 0 spiro atoms. The highest BCUT2D eigenvalue weighted by Gasteiger charge is 2.48. The molecule has 0 nitrogen and oxygen atoms in total. The van der Waals surface area contributed by atoms with Crippen molar-refractivity contribution in [2.24, 2.45) is 0 Å². The molecule has 0 bridgehead atoms. The molecule has 0 aliphatic carbocycles. The van der Waals surface area contributed by atoms with Crippen molar-refractivity contribution in [2.75, 3.05) is 0 Å². The van der Waals surface area contributed by atoms with Crippen LogP contribution in [0.1, 0.15) is 33.3 Å². The van der Waals surface area contributed by atoms with Gasteiger partial charge in [0.05, 0.1) is 0 Å². The van der Waals surface area contributed by atoms with Gasteiger partial charge in [0.15, 0.2) is 0 Å². The van der Waals surface area contributed by atoms with Gasteiger partial charge in [-0.2, -0.15) is 11.3 Å². The van der Waals surface area contributed by atoms with E-state index in [-0.39, 0.29) is 0 Å². The molecule has 1 aromatic carbocycles. The average Bonchev–Trinajstić information content (AvgIpc) is 3.12. The fraction of sp³-hybridized carbons (Fsp3) is 0.400. The Hall–Kier alpha value is -0.906. The molecule has 0 fully saturated rings. The predicted molar refractivity (Wildman–Crippen MR) is 111 cm³/mol. The SMILES string of the molecule is CC[Si]1(CC)C=C(c2ccccc2)[Si](CC)(CC)c2sccc21. The average molecular weight is 357 g/mol. The van der Waals surface area contributed by atoms with Crippen LogP contribution in [0.3, 0.4) is 0 Å². The van der Waals surface area contributed by atoms with Gasteiger partial charge >= 0.3 is 0 Å². The lowest BCUT2D eigenvalue weighted by molar-refractivity contribution is 1.27. The van der Waals surface area contributed by atoms with Crippen LogP contribution in [0.5, 0.6) is 0 Å². The number of hydrogen-bond acceptors (Lipinski definition) is 1. The largest absolute Gasteiger partial charge is 0.153 e. The first-order valence-electron chi connectivity index (χ1n) is 9.04.